The average Bonchev–Trinajstić information content (AvgIpc) is 1.68. The third-order valence-electron chi connectivity index (χ3n) is 0.881. The molecule has 0 radical (unpaired) electrons. The highest BCUT2D eigenvalue weighted by Crippen LogP contribution is 1.99. The van der Waals surface area contributed by atoms with Crippen LogP contribution in [-0.4, -0.2) is 16.5 Å². The maximum absolute atomic E-state index is 8.95. The molecule has 1 nitrogen and oxygen atoms in total. The minimum Gasteiger partial charge on any atom is -0.393 e. The van der Waals surface area contributed by atoms with Crippen LogP contribution >= 0.6 is 15.9 Å². The Morgan fingerprint density at radius 1 is 1.75 bits per heavy atom. The van der Waals surface area contributed by atoms with Gasteiger partial charge in [-0.1, -0.05) is 22.0 Å². The van der Waals surface area contributed by atoms with Crippen LogP contribution in [0.2, 0.25) is 0 Å². The number of aliphatic hydroxyl groups is 1. The van der Waals surface area contributed by atoms with Gasteiger partial charge >= 0.3 is 0 Å². The SMILES string of the molecule is C=CC[C@@H](O)CCBr. The topological polar surface area (TPSA) is 20.2 Å². The van der Waals surface area contributed by atoms with Gasteiger partial charge in [0, 0.05) is 5.33 Å². The summed E-state index contributed by atoms with van der Waals surface area (Å²) in [7, 11) is 0. The molecule has 0 fully saturated rings. The summed E-state index contributed by atoms with van der Waals surface area (Å²) in [6, 6.07) is 0. The van der Waals surface area contributed by atoms with Crippen LogP contribution in [-0.2, 0) is 0 Å². The normalized spacial score (nSPS) is 13.2. The zero-order chi connectivity index (χ0) is 6.41. The standard InChI is InChI=1S/C6H11BrO/c1-2-3-6(8)4-5-7/h2,6,8H,1,3-5H2/t6-/m1/s1. The van der Waals surface area contributed by atoms with Crippen LogP contribution in [0, 0.1) is 0 Å². The molecular formula is C6H11BrO. The molecule has 0 bridgehead atoms. The Labute approximate surface area is 58.5 Å². The molecule has 0 unspecified atom stereocenters. The molecule has 0 aliphatic rings. The van der Waals surface area contributed by atoms with Crippen molar-refractivity contribution in [2.75, 3.05) is 5.33 Å². The molecule has 1 N–H and O–H groups in total. The lowest BCUT2D eigenvalue weighted by Crippen LogP contribution is -2.04. The van der Waals surface area contributed by atoms with Crippen molar-refractivity contribution in [3.05, 3.63) is 12.7 Å². The van der Waals surface area contributed by atoms with E-state index in [1.165, 1.54) is 0 Å². The Morgan fingerprint density at radius 3 is 2.75 bits per heavy atom. The van der Waals surface area contributed by atoms with E-state index in [4.69, 9.17) is 5.11 Å². The smallest absolute Gasteiger partial charge is 0.0582 e. The van der Waals surface area contributed by atoms with Crippen LogP contribution in [0.3, 0.4) is 0 Å². The minimum absolute atomic E-state index is 0.202. The van der Waals surface area contributed by atoms with E-state index in [0.29, 0.717) is 6.42 Å². The largest absolute Gasteiger partial charge is 0.393 e. The molecule has 0 spiro atoms. The maximum Gasteiger partial charge on any atom is 0.0582 e. The lowest BCUT2D eigenvalue weighted by Gasteiger charge is -2.02. The van der Waals surface area contributed by atoms with Crippen molar-refractivity contribution >= 4 is 15.9 Å². The highest BCUT2D eigenvalue weighted by molar-refractivity contribution is 9.09. The highest BCUT2D eigenvalue weighted by atomic mass is 79.9. The summed E-state index contributed by atoms with van der Waals surface area (Å²) in [6.45, 7) is 3.51. The Hall–Kier alpha value is 0.180. The first-order valence-corrected chi connectivity index (χ1v) is 3.78. The molecule has 0 aromatic rings. The second-order valence-electron chi connectivity index (χ2n) is 1.66. The van der Waals surface area contributed by atoms with Gasteiger partial charge in [-0.15, -0.1) is 6.58 Å². The van der Waals surface area contributed by atoms with Gasteiger partial charge in [-0.2, -0.15) is 0 Å². The fourth-order valence-electron chi connectivity index (χ4n) is 0.436. The highest BCUT2D eigenvalue weighted by Gasteiger charge is 1.96. The fourth-order valence-corrected chi connectivity index (χ4v) is 0.965. The van der Waals surface area contributed by atoms with Crippen molar-refractivity contribution < 1.29 is 5.11 Å². The number of hydrogen-bond acceptors (Lipinski definition) is 1. The van der Waals surface area contributed by atoms with Gasteiger partial charge < -0.3 is 5.11 Å². The van der Waals surface area contributed by atoms with Crippen molar-refractivity contribution in [3.63, 3.8) is 0 Å². The fraction of sp³-hybridized carbons (Fsp3) is 0.667. The van der Waals surface area contributed by atoms with Gasteiger partial charge in [-0.05, 0) is 12.8 Å². The summed E-state index contributed by atoms with van der Waals surface area (Å²) in [6.07, 6.45) is 3.04. The molecule has 0 saturated heterocycles. The quantitative estimate of drug-likeness (QED) is 0.514. The number of rotatable bonds is 4. The Morgan fingerprint density at radius 2 is 2.38 bits per heavy atom. The molecule has 0 rings (SSSR count). The van der Waals surface area contributed by atoms with Gasteiger partial charge in [0.1, 0.15) is 0 Å². The van der Waals surface area contributed by atoms with Crippen LogP contribution in [0.1, 0.15) is 12.8 Å². The molecule has 0 saturated carbocycles. The lowest BCUT2D eigenvalue weighted by molar-refractivity contribution is 0.175. The second kappa shape index (κ2) is 5.32. The molecular weight excluding hydrogens is 168 g/mol. The first kappa shape index (κ1) is 8.18. The van der Waals surface area contributed by atoms with E-state index in [1.54, 1.807) is 6.08 Å². The molecule has 0 heterocycles. The van der Waals surface area contributed by atoms with Crippen LogP contribution in [0.25, 0.3) is 0 Å². The molecule has 1 atom stereocenters. The Bertz CT molecular complexity index is 63.5. The van der Waals surface area contributed by atoms with E-state index in [9.17, 15) is 0 Å². The third-order valence-corrected chi connectivity index (χ3v) is 1.34. The summed E-state index contributed by atoms with van der Waals surface area (Å²) < 4.78 is 0. The Kier molecular flexibility index (Phi) is 5.44. The molecule has 48 valence electrons. The Balaban J connectivity index is 3.03. The summed E-state index contributed by atoms with van der Waals surface area (Å²) in [5, 5.41) is 9.81. The van der Waals surface area contributed by atoms with Crippen molar-refractivity contribution in [1.82, 2.24) is 0 Å². The number of aliphatic hydroxyl groups excluding tert-OH is 1. The van der Waals surface area contributed by atoms with Gasteiger partial charge in [0.25, 0.3) is 0 Å². The average molecular weight is 179 g/mol. The van der Waals surface area contributed by atoms with Gasteiger partial charge in [-0.3, -0.25) is 0 Å². The monoisotopic (exact) mass is 178 g/mol. The first-order chi connectivity index (χ1) is 3.81. The molecule has 0 aromatic heterocycles. The van der Waals surface area contributed by atoms with Crippen LogP contribution in [0.5, 0.6) is 0 Å². The molecule has 0 amide bonds. The summed E-state index contributed by atoms with van der Waals surface area (Å²) >= 11 is 3.23. The number of hydrogen-bond donors (Lipinski definition) is 1. The van der Waals surface area contributed by atoms with Crippen molar-refractivity contribution in [2.45, 2.75) is 18.9 Å². The molecule has 8 heavy (non-hydrogen) atoms. The van der Waals surface area contributed by atoms with Gasteiger partial charge in [0.2, 0.25) is 0 Å². The molecule has 0 aromatic carbocycles. The van der Waals surface area contributed by atoms with Crippen LogP contribution in [0.4, 0.5) is 0 Å². The third kappa shape index (κ3) is 4.34. The summed E-state index contributed by atoms with van der Waals surface area (Å²) in [5.74, 6) is 0. The zero-order valence-electron chi connectivity index (χ0n) is 4.81. The van der Waals surface area contributed by atoms with E-state index in [-0.39, 0.29) is 6.10 Å². The lowest BCUT2D eigenvalue weighted by atomic mass is 10.2. The van der Waals surface area contributed by atoms with Crippen LogP contribution < -0.4 is 0 Å². The maximum atomic E-state index is 8.95. The number of halogens is 1. The first-order valence-electron chi connectivity index (χ1n) is 2.66. The van der Waals surface area contributed by atoms with E-state index in [0.717, 1.165) is 11.8 Å². The minimum atomic E-state index is -0.202. The zero-order valence-corrected chi connectivity index (χ0v) is 6.39. The van der Waals surface area contributed by atoms with Gasteiger partial charge in [0.15, 0.2) is 0 Å². The summed E-state index contributed by atoms with van der Waals surface area (Å²) in [5.41, 5.74) is 0. The van der Waals surface area contributed by atoms with E-state index >= 15 is 0 Å². The van der Waals surface area contributed by atoms with E-state index in [1.807, 2.05) is 0 Å². The predicted molar refractivity (Wildman–Crippen MR) is 39.2 cm³/mol. The molecule has 0 aliphatic carbocycles. The van der Waals surface area contributed by atoms with Crippen molar-refractivity contribution in [3.8, 4) is 0 Å². The molecule has 0 aliphatic heterocycles. The summed E-state index contributed by atoms with van der Waals surface area (Å²) in [4.78, 5) is 0. The van der Waals surface area contributed by atoms with E-state index in [2.05, 4.69) is 22.5 Å². The van der Waals surface area contributed by atoms with Crippen molar-refractivity contribution in [2.24, 2.45) is 0 Å². The van der Waals surface area contributed by atoms with Crippen LogP contribution in [0.15, 0.2) is 12.7 Å². The van der Waals surface area contributed by atoms with Gasteiger partial charge in [-0.25, -0.2) is 0 Å². The number of alkyl halides is 1. The molecule has 2 heteroatoms. The predicted octanol–water partition coefficient (Wildman–Crippen LogP) is 1.71. The second-order valence-corrected chi connectivity index (χ2v) is 2.45. The van der Waals surface area contributed by atoms with Gasteiger partial charge in [0.05, 0.1) is 6.10 Å². The van der Waals surface area contributed by atoms with Crippen molar-refractivity contribution in [1.29, 1.82) is 0 Å². The van der Waals surface area contributed by atoms with E-state index < -0.39 is 0 Å².